The second kappa shape index (κ2) is 9.24. The number of likely N-dealkylation sites (tertiary alicyclic amines) is 2. The molecule has 7 nitrogen and oxygen atoms in total. The Balaban J connectivity index is 1.34. The van der Waals surface area contributed by atoms with Crippen LogP contribution in [-0.2, 0) is 14.8 Å². The summed E-state index contributed by atoms with van der Waals surface area (Å²) >= 11 is 0. The Morgan fingerprint density at radius 2 is 1.77 bits per heavy atom. The van der Waals surface area contributed by atoms with E-state index in [1.807, 2.05) is 15.9 Å². The van der Waals surface area contributed by atoms with E-state index in [9.17, 15) is 13.2 Å². The van der Waals surface area contributed by atoms with Gasteiger partial charge in [0.2, 0.25) is 10.0 Å². The fraction of sp³-hybridized carbons (Fsp3) is 0.682. The van der Waals surface area contributed by atoms with Gasteiger partial charge >= 0.3 is 6.03 Å². The molecule has 4 rings (SSSR count). The van der Waals surface area contributed by atoms with E-state index < -0.39 is 10.0 Å². The minimum atomic E-state index is -3.34. The highest BCUT2D eigenvalue weighted by molar-refractivity contribution is 7.88. The van der Waals surface area contributed by atoms with E-state index >= 15 is 0 Å². The summed E-state index contributed by atoms with van der Waals surface area (Å²) in [5, 5.41) is 0. The summed E-state index contributed by atoms with van der Waals surface area (Å²) in [4.78, 5) is 16.5. The van der Waals surface area contributed by atoms with Gasteiger partial charge in [-0.3, -0.25) is 0 Å². The lowest BCUT2D eigenvalue weighted by atomic mass is 9.83. The number of benzene rings is 1. The molecule has 2 heterocycles. The van der Waals surface area contributed by atoms with Crippen molar-refractivity contribution in [2.75, 3.05) is 32.5 Å². The first kappa shape index (κ1) is 21.6. The summed E-state index contributed by atoms with van der Waals surface area (Å²) in [5.41, 5.74) is 1.40. The molecule has 0 aromatic heterocycles. The summed E-state index contributed by atoms with van der Waals surface area (Å²) in [6.07, 6.45) is 7.20. The Morgan fingerprint density at radius 1 is 1.07 bits per heavy atom. The SMILES string of the molecule is CS(=O)(=O)N[C@H]1CCN(C(=O)N2CCC2)[C@H]1CO[C@H]1CC[C@@H](c2ccccc2)CC1. The van der Waals surface area contributed by atoms with Crippen LogP contribution in [0.25, 0.3) is 0 Å². The number of urea groups is 1. The molecule has 1 saturated carbocycles. The molecule has 0 bridgehead atoms. The second-order valence-electron chi connectivity index (χ2n) is 8.89. The summed E-state index contributed by atoms with van der Waals surface area (Å²) < 4.78 is 32.6. The smallest absolute Gasteiger partial charge is 0.320 e. The molecule has 0 radical (unpaired) electrons. The van der Waals surface area contributed by atoms with E-state index in [4.69, 9.17) is 4.74 Å². The van der Waals surface area contributed by atoms with E-state index in [1.54, 1.807) is 0 Å². The molecule has 1 aromatic carbocycles. The Kier molecular flexibility index (Phi) is 6.65. The molecule has 8 heteroatoms. The van der Waals surface area contributed by atoms with Crippen molar-refractivity contribution in [2.24, 2.45) is 0 Å². The zero-order chi connectivity index (χ0) is 21.1. The van der Waals surface area contributed by atoms with Gasteiger partial charge in [-0.1, -0.05) is 30.3 Å². The van der Waals surface area contributed by atoms with E-state index in [1.165, 1.54) is 11.8 Å². The minimum absolute atomic E-state index is 0.0143. The van der Waals surface area contributed by atoms with Gasteiger partial charge in [-0.25, -0.2) is 17.9 Å². The van der Waals surface area contributed by atoms with Crippen LogP contribution in [-0.4, -0.2) is 74.9 Å². The molecule has 2 amide bonds. The lowest BCUT2D eigenvalue weighted by Gasteiger charge is -2.38. The Bertz CT molecular complexity index is 820. The van der Waals surface area contributed by atoms with Gasteiger partial charge < -0.3 is 14.5 Å². The highest BCUT2D eigenvalue weighted by Crippen LogP contribution is 2.34. The van der Waals surface area contributed by atoms with Crippen LogP contribution in [0.3, 0.4) is 0 Å². The first-order valence-electron chi connectivity index (χ1n) is 11.1. The van der Waals surface area contributed by atoms with Gasteiger partial charge in [-0.15, -0.1) is 0 Å². The van der Waals surface area contributed by atoms with Gasteiger partial charge in [0.05, 0.1) is 25.0 Å². The van der Waals surface area contributed by atoms with E-state index in [0.29, 0.717) is 25.5 Å². The molecule has 1 aliphatic carbocycles. The maximum Gasteiger partial charge on any atom is 0.320 e. The third-order valence-electron chi connectivity index (χ3n) is 6.73. The number of amides is 2. The van der Waals surface area contributed by atoms with Crippen LogP contribution in [0.2, 0.25) is 0 Å². The van der Waals surface area contributed by atoms with Gasteiger partial charge in [0, 0.05) is 25.7 Å². The third kappa shape index (κ3) is 5.15. The van der Waals surface area contributed by atoms with Crippen LogP contribution in [0.5, 0.6) is 0 Å². The van der Waals surface area contributed by atoms with Crippen LogP contribution >= 0.6 is 0 Å². The van der Waals surface area contributed by atoms with Gasteiger partial charge in [0.15, 0.2) is 0 Å². The molecule has 2 aliphatic heterocycles. The minimum Gasteiger partial charge on any atom is -0.376 e. The van der Waals surface area contributed by atoms with Crippen molar-refractivity contribution in [3.8, 4) is 0 Å². The van der Waals surface area contributed by atoms with Gasteiger partial charge in [0.25, 0.3) is 0 Å². The molecule has 2 saturated heterocycles. The predicted molar refractivity (Wildman–Crippen MR) is 116 cm³/mol. The van der Waals surface area contributed by atoms with Crippen LogP contribution in [0, 0.1) is 0 Å². The standard InChI is InChI=1S/C22H33N3O4S/c1-30(27,28)23-20-12-15-25(22(26)24-13-5-14-24)21(20)16-29-19-10-8-18(9-11-19)17-6-3-2-4-7-17/h2-4,6-7,18-21,23H,5,8-16H2,1H3/t18-,19+,20-,21-/m0/s1. The zero-order valence-electron chi connectivity index (χ0n) is 17.7. The Labute approximate surface area is 179 Å². The first-order chi connectivity index (χ1) is 14.4. The summed E-state index contributed by atoms with van der Waals surface area (Å²) in [7, 11) is -3.34. The monoisotopic (exact) mass is 435 g/mol. The molecular formula is C22H33N3O4S. The Hall–Kier alpha value is -1.64. The fourth-order valence-electron chi connectivity index (χ4n) is 4.92. The molecule has 1 aromatic rings. The number of nitrogens with zero attached hydrogens (tertiary/aromatic N) is 2. The number of sulfonamides is 1. The van der Waals surface area contributed by atoms with E-state index in [-0.39, 0.29) is 24.2 Å². The highest BCUT2D eigenvalue weighted by Gasteiger charge is 2.41. The average Bonchev–Trinajstić information content (AvgIpc) is 3.07. The van der Waals surface area contributed by atoms with Crippen LogP contribution in [0.4, 0.5) is 4.79 Å². The molecule has 30 heavy (non-hydrogen) atoms. The maximum absolute atomic E-state index is 12.8. The largest absolute Gasteiger partial charge is 0.376 e. The summed E-state index contributed by atoms with van der Waals surface area (Å²) in [6.45, 7) is 2.53. The number of ether oxygens (including phenoxy) is 1. The first-order valence-corrected chi connectivity index (χ1v) is 13.0. The predicted octanol–water partition coefficient (Wildman–Crippen LogP) is 2.55. The lowest BCUT2D eigenvalue weighted by Crippen LogP contribution is -2.55. The number of carbonyl (C=O) groups is 1. The zero-order valence-corrected chi connectivity index (χ0v) is 18.5. The number of nitrogens with one attached hydrogen (secondary N) is 1. The van der Waals surface area contributed by atoms with Crippen molar-refractivity contribution in [2.45, 2.75) is 62.6 Å². The number of carbonyl (C=O) groups excluding carboxylic acids is 1. The number of rotatable bonds is 6. The molecule has 166 valence electrons. The molecule has 1 N–H and O–H groups in total. The summed E-state index contributed by atoms with van der Waals surface area (Å²) in [5.74, 6) is 0.585. The van der Waals surface area contributed by atoms with Crippen LogP contribution in [0.1, 0.15) is 50.0 Å². The molecular weight excluding hydrogens is 402 g/mol. The maximum atomic E-state index is 12.8. The second-order valence-corrected chi connectivity index (χ2v) is 10.7. The topological polar surface area (TPSA) is 79.0 Å². The fourth-order valence-corrected chi connectivity index (χ4v) is 5.75. The summed E-state index contributed by atoms with van der Waals surface area (Å²) in [6, 6.07) is 10.1. The van der Waals surface area contributed by atoms with Crippen molar-refractivity contribution in [3.05, 3.63) is 35.9 Å². The lowest BCUT2D eigenvalue weighted by molar-refractivity contribution is -0.00404. The number of hydrogen-bond acceptors (Lipinski definition) is 4. The van der Waals surface area contributed by atoms with Crippen LogP contribution < -0.4 is 4.72 Å². The van der Waals surface area contributed by atoms with Gasteiger partial charge in [-0.05, 0) is 50.0 Å². The quantitative estimate of drug-likeness (QED) is 0.745. The highest BCUT2D eigenvalue weighted by atomic mass is 32.2. The van der Waals surface area contributed by atoms with Crippen molar-refractivity contribution in [1.29, 1.82) is 0 Å². The Morgan fingerprint density at radius 3 is 2.37 bits per heavy atom. The van der Waals surface area contributed by atoms with Crippen molar-refractivity contribution in [1.82, 2.24) is 14.5 Å². The molecule has 0 unspecified atom stereocenters. The van der Waals surface area contributed by atoms with Crippen molar-refractivity contribution in [3.63, 3.8) is 0 Å². The van der Waals surface area contributed by atoms with Crippen molar-refractivity contribution < 1.29 is 17.9 Å². The normalized spacial score (nSPS) is 29.6. The van der Waals surface area contributed by atoms with E-state index in [0.717, 1.165) is 45.2 Å². The van der Waals surface area contributed by atoms with Crippen LogP contribution in [0.15, 0.2) is 30.3 Å². The average molecular weight is 436 g/mol. The number of hydrogen-bond donors (Lipinski definition) is 1. The third-order valence-corrected chi connectivity index (χ3v) is 7.46. The molecule has 3 aliphatic rings. The molecule has 2 atom stereocenters. The van der Waals surface area contributed by atoms with Gasteiger partial charge in [-0.2, -0.15) is 0 Å². The molecule has 3 fully saturated rings. The molecule has 0 spiro atoms. The van der Waals surface area contributed by atoms with Crippen molar-refractivity contribution >= 4 is 16.1 Å². The van der Waals surface area contributed by atoms with Gasteiger partial charge in [0.1, 0.15) is 0 Å². The van der Waals surface area contributed by atoms with E-state index in [2.05, 4.69) is 29.0 Å².